The Labute approximate surface area is 165 Å². The zero-order chi connectivity index (χ0) is 20.7. The fraction of sp³-hybridized carbons (Fsp3) is 0.316. The number of carbonyl (C=O) groups is 1. The van der Waals surface area contributed by atoms with Crippen molar-refractivity contribution in [1.82, 2.24) is 0 Å². The van der Waals surface area contributed by atoms with Gasteiger partial charge in [-0.15, -0.1) is 13.2 Å². The SMILES string of the molecule is CCCCOc1c(Cl)cc(C(=O)Nc2ccc(OC(F)(F)F)cc2)cc1OC. The molecule has 0 aromatic heterocycles. The van der Waals surface area contributed by atoms with Crippen LogP contribution in [0.1, 0.15) is 30.1 Å². The van der Waals surface area contributed by atoms with E-state index >= 15 is 0 Å². The third kappa shape index (κ3) is 6.23. The van der Waals surface area contributed by atoms with E-state index in [0.717, 1.165) is 25.0 Å². The lowest BCUT2D eigenvalue weighted by molar-refractivity contribution is -0.274. The smallest absolute Gasteiger partial charge is 0.493 e. The fourth-order valence-corrected chi connectivity index (χ4v) is 2.52. The molecule has 2 rings (SSSR count). The second-order valence-electron chi connectivity index (χ2n) is 5.72. The molecular weight excluding hydrogens is 399 g/mol. The number of anilines is 1. The highest BCUT2D eigenvalue weighted by atomic mass is 35.5. The number of unbranched alkanes of at least 4 members (excludes halogenated alkanes) is 1. The number of methoxy groups -OCH3 is 1. The van der Waals surface area contributed by atoms with Crippen molar-refractivity contribution in [3.8, 4) is 17.2 Å². The van der Waals surface area contributed by atoms with Gasteiger partial charge in [0.05, 0.1) is 18.7 Å². The van der Waals surface area contributed by atoms with Gasteiger partial charge in [0.2, 0.25) is 0 Å². The van der Waals surface area contributed by atoms with E-state index in [0.29, 0.717) is 18.1 Å². The Morgan fingerprint density at radius 1 is 1.18 bits per heavy atom. The van der Waals surface area contributed by atoms with Gasteiger partial charge in [0, 0.05) is 11.3 Å². The van der Waals surface area contributed by atoms with Crippen LogP contribution in [0.3, 0.4) is 0 Å². The summed E-state index contributed by atoms with van der Waals surface area (Å²) in [6, 6.07) is 7.69. The summed E-state index contributed by atoms with van der Waals surface area (Å²) in [6.07, 6.45) is -2.98. The van der Waals surface area contributed by atoms with Crippen molar-refractivity contribution in [2.24, 2.45) is 0 Å². The minimum absolute atomic E-state index is 0.209. The zero-order valence-electron chi connectivity index (χ0n) is 15.2. The summed E-state index contributed by atoms with van der Waals surface area (Å²) in [5.41, 5.74) is 0.498. The van der Waals surface area contributed by atoms with Crippen LogP contribution in [0, 0.1) is 0 Å². The summed E-state index contributed by atoms with van der Waals surface area (Å²) in [4.78, 5) is 12.4. The van der Waals surface area contributed by atoms with E-state index in [9.17, 15) is 18.0 Å². The van der Waals surface area contributed by atoms with Gasteiger partial charge in [-0.3, -0.25) is 4.79 Å². The van der Waals surface area contributed by atoms with E-state index in [2.05, 4.69) is 10.1 Å². The lowest BCUT2D eigenvalue weighted by Crippen LogP contribution is -2.17. The summed E-state index contributed by atoms with van der Waals surface area (Å²) >= 11 is 6.21. The van der Waals surface area contributed by atoms with Crippen molar-refractivity contribution in [1.29, 1.82) is 0 Å². The van der Waals surface area contributed by atoms with Gasteiger partial charge in [-0.1, -0.05) is 24.9 Å². The zero-order valence-corrected chi connectivity index (χ0v) is 16.0. The van der Waals surface area contributed by atoms with Crippen LogP contribution < -0.4 is 19.5 Å². The van der Waals surface area contributed by atoms with Crippen molar-refractivity contribution in [2.75, 3.05) is 19.0 Å². The van der Waals surface area contributed by atoms with Gasteiger partial charge in [-0.05, 0) is 42.8 Å². The predicted octanol–water partition coefficient (Wildman–Crippen LogP) is 5.68. The maximum absolute atomic E-state index is 12.4. The van der Waals surface area contributed by atoms with Crippen LogP contribution in [0.4, 0.5) is 18.9 Å². The molecule has 0 saturated heterocycles. The van der Waals surface area contributed by atoms with Crippen molar-refractivity contribution < 1.29 is 32.2 Å². The second-order valence-corrected chi connectivity index (χ2v) is 6.12. The van der Waals surface area contributed by atoms with Crippen LogP contribution in [-0.4, -0.2) is 26.0 Å². The number of alkyl halides is 3. The Morgan fingerprint density at radius 2 is 1.86 bits per heavy atom. The standard InChI is InChI=1S/C19H19ClF3NO4/c1-3-4-9-27-17-15(20)10-12(11-16(17)26-2)18(25)24-13-5-7-14(8-6-13)28-19(21,22)23/h5-8,10-11H,3-4,9H2,1-2H3,(H,24,25). The first-order valence-electron chi connectivity index (χ1n) is 8.41. The number of rotatable bonds is 8. The van der Waals surface area contributed by atoms with Gasteiger partial charge >= 0.3 is 6.36 Å². The van der Waals surface area contributed by atoms with Crippen LogP contribution >= 0.6 is 11.6 Å². The number of hydrogen-bond acceptors (Lipinski definition) is 4. The molecule has 9 heteroatoms. The molecule has 0 aliphatic heterocycles. The number of carbonyl (C=O) groups excluding carboxylic acids is 1. The lowest BCUT2D eigenvalue weighted by Gasteiger charge is -2.14. The van der Waals surface area contributed by atoms with Crippen LogP contribution in [-0.2, 0) is 0 Å². The maximum atomic E-state index is 12.4. The molecular formula is C19H19ClF3NO4. The molecule has 0 aliphatic carbocycles. The van der Waals surface area contributed by atoms with E-state index in [-0.39, 0.29) is 22.0 Å². The Balaban J connectivity index is 2.12. The summed E-state index contributed by atoms with van der Waals surface area (Å²) in [7, 11) is 1.43. The molecule has 5 nitrogen and oxygen atoms in total. The number of halogens is 4. The molecule has 0 bridgehead atoms. The molecule has 2 aromatic carbocycles. The Hall–Kier alpha value is -2.61. The first kappa shape index (κ1) is 21.7. The molecule has 0 unspecified atom stereocenters. The largest absolute Gasteiger partial charge is 0.573 e. The maximum Gasteiger partial charge on any atom is 0.573 e. The van der Waals surface area contributed by atoms with E-state index in [1.807, 2.05) is 6.92 Å². The molecule has 0 radical (unpaired) electrons. The quantitative estimate of drug-likeness (QED) is 0.561. The van der Waals surface area contributed by atoms with E-state index in [1.165, 1.54) is 31.4 Å². The minimum atomic E-state index is -4.78. The molecule has 0 spiro atoms. The van der Waals surface area contributed by atoms with E-state index in [1.54, 1.807) is 0 Å². The second kappa shape index (κ2) is 9.54. The lowest BCUT2D eigenvalue weighted by atomic mass is 10.1. The molecule has 0 aliphatic rings. The van der Waals surface area contributed by atoms with Crippen LogP contribution in [0.5, 0.6) is 17.2 Å². The fourth-order valence-electron chi connectivity index (χ4n) is 2.25. The summed E-state index contributed by atoms with van der Waals surface area (Å²) in [5, 5.41) is 2.78. The molecule has 1 N–H and O–H groups in total. The molecule has 0 saturated carbocycles. The number of nitrogens with one attached hydrogen (secondary N) is 1. The monoisotopic (exact) mass is 417 g/mol. The number of ether oxygens (including phenoxy) is 3. The Morgan fingerprint density at radius 3 is 2.43 bits per heavy atom. The third-order valence-electron chi connectivity index (χ3n) is 3.58. The summed E-state index contributed by atoms with van der Waals surface area (Å²) in [6.45, 7) is 2.49. The van der Waals surface area contributed by atoms with Crippen LogP contribution in [0.2, 0.25) is 5.02 Å². The van der Waals surface area contributed by atoms with Gasteiger partial charge in [-0.2, -0.15) is 0 Å². The van der Waals surface area contributed by atoms with Gasteiger partial charge in [0.25, 0.3) is 5.91 Å². The third-order valence-corrected chi connectivity index (χ3v) is 3.86. The molecule has 28 heavy (non-hydrogen) atoms. The van der Waals surface area contributed by atoms with Crippen molar-refractivity contribution >= 4 is 23.2 Å². The molecule has 0 heterocycles. The Kier molecular flexibility index (Phi) is 7.39. The average Bonchev–Trinajstić information content (AvgIpc) is 2.63. The highest BCUT2D eigenvalue weighted by molar-refractivity contribution is 6.32. The van der Waals surface area contributed by atoms with Gasteiger partial charge in [0.15, 0.2) is 11.5 Å². The molecule has 152 valence electrons. The van der Waals surface area contributed by atoms with Gasteiger partial charge < -0.3 is 19.5 Å². The highest BCUT2D eigenvalue weighted by Crippen LogP contribution is 2.37. The van der Waals surface area contributed by atoms with Gasteiger partial charge in [-0.25, -0.2) is 0 Å². The predicted molar refractivity (Wildman–Crippen MR) is 99.5 cm³/mol. The number of hydrogen-bond donors (Lipinski definition) is 1. The molecule has 0 atom stereocenters. The van der Waals surface area contributed by atoms with Crippen molar-refractivity contribution in [3.63, 3.8) is 0 Å². The van der Waals surface area contributed by atoms with Crippen LogP contribution in [0.25, 0.3) is 0 Å². The first-order chi connectivity index (χ1) is 13.2. The van der Waals surface area contributed by atoms with E-state index in [4.69, 9.17) is 21.1 Å². The average molecular weight is 418 g/mol. The van der Waals surface area contributed by atoms with Crippen LogP contribution in [0.15, 0.2) is 36.4 Å². The summed E-state index contributed by atoms with van der Waals surface area (Å²) < 4.78 is 51.2. The van der Waals surface area contributed by atoms with Crippen molar-refractivity contribution in [2.45, 2.75) is 26.1 Å². The Bertz CT molecular complexity index is 810. The van der Waals surface area contributed by atoms with E-state index < -0.39 is 12.3 Å². The topological polar surface area (TPSA) is 56.8 Å². The summed E-state index contributed by atoms with van der Waals surface area (Å²) in [5.74, 6) is -0.237. The number of amides is 1. The van der Waals surface area contributed by atoms with Gasteiger partial charge in [0.1, 0.15) is 5.75 Å². The molecule has 0 fully saturated rings. The highest BCUT2D eigenvalue weighted by Gasteiger charge is 2.31. The number of benzene rings is 2. The van der Waals surface area contributed by atoms with Crippen molar-refractivity contribution in [3.05, 3.63) is 47.0 Å². The normalized spacial score (nSPS) is 11.1. The first-order valence-corrected chi connectivity index (χ1v) is 8.78. The molecule has 1 amide bonds. The minimum Gasteiger partial charge on any atom is -0.493 e. The molecule has 2 aromatic rings.